The number of hydrogen-bond donors (Lipinski definition) is 3. The summed E-state index contributed by atoms with van der Waals surface area (Å²) in [5, 5.41) is 3.05. The van der Waals surface area contributed by atoms with Crippen molar-refractivity contribution >= 4 is 34.7 Å². The summed E-state index contributed by atoms with van der Waals surface area (Å²) in [5.74, 6) is 5.30. The fourth-order valence-electron chi connectivity index (χ4n) is 1.16. The lowest BCUT2D eigenvalue weighted by Gasteiger charge is -1.98. The molecule has 0 atom stereocenters. The number of nitrogens with one attached hydrogen (secondary N) is 1. The van der Waals surface area contributed by atoms with Crippen LogP contribution in [0.1, 0.15) is 15.5 Å². The molecule has 18 heavy (non-hydrogen) atoms. The van der Waals surface area contributed by atoms with E-state index in [0.29, 0.717) is 16.4 Å². The van der Waals surface area contributed by atoms with Crippen molar-refractivity contribution in [1.29, 1.82) is 0 Å². The van der Waals surface area contributed by atoms with Gasteiger partial charge < -0.3 is 5.73 Å². The number of hydrazine groups is 1. The van der Waals surface area contributed by atoms with Gasteiger partial charge in [0, 0.05) is 11.1 Å². The van der Waals surface area contributed by atoms with Gasteiger partial charge in [0.2, 0.25) is 0 Å². The zero-order valence-corrected chi connectivity index (χ0v) is 10.9. The number of anilines is 1. The van der Waals surface area contributed by atoms with Crippen molar-refractivity contribution in [3.05, 3.63) is 34.4 Å². The van der Waals surface area contributed by atoms with Gasteiger partial charge in [0.15, 0.2) is 5.01 Å². The van der Waals surface area contributed by atoms with Gasteiger partial charge in [-0.3, -0.25) is 10.2 Å². The molecule has 5 N–H and O–H groups in total. The highest BCUT2D eigenvalue weighted by Crippen LogP contribution is 2.22. The highest BCUT2D eigenvalue weighted by atomic mass is 32.2. The first-order valence-electron chi connectivity index (χ1n) is 4.98. The minimum atomic E-state index is -0.373. The van der Waals surface area contributed by atoms with Gasteiger partial charge in [-0.25, -0.2) is 15.8 Å². The highest BCUT2D eigenvalue weighted by Gasteiger charge is 2.09. The molecule has 2 aromatic heterocycles. The average molecular weight is 281 g/mol. The minimum Gasteiger partial charge on any atom is -0.397 e. The summed E-state index contributed by atoms with van der Waals surface area (Å²) in [5.41, 5.74) is 9.05. The van der Waals surface area contributed by atoms with Gasteiger partial charge in [0.05, 0.1) is 22.6 Å². The summed E-state index contributed by atoms with van der Waals surface area (Å²) >= 11 is 2.79. The number of hydrogen-bond acceptors (Lipinski definition) is 7. The quantitative estimate of drug-likeness (QED) is 0.334. The molecule has 1 amide bonds. The second-order valence-electron chi connectivity index (χ2n) is 3.34. The maximum Gasteiger partial charge on any atom is 0.294 e. The summed E-state index contributed by atoms with van der Waals surface area (Å²) in [6.45, 7) is 0. The molecule has 0 radical (unpaired) electrons. The van der Waals surface area contributed by atoms with Gasteiger partial charge in [-0.15, -0.1) is 23.1 Å². The Morgan fingerprint density at radius 1 is 1.50 bits per heavy atom. The van der Waals surface area contributed by atoms with E-state index in [4.69, 9.17) is 11.6 Å². The van der Waals surface area contributed by atoms with Crippen LogP contribution in [0, 0.1) is 0 Å². The van der Waals surface area contributed by atoms with Crippen LogP contribution in [0.3, 0.4) is 0 Å². The molecular weight excluding hydrogens is 270 g/mol. The van der Waals surface area contributed by atoms with Crippen molar-refractivity contribution in [3.8, 4) is 0 Å². The van der Waals surface area contributed by atoms with Gasteiger partial charge in [-0.2, -0.15) is 0 Å². The molecule has 0 aliphatic carbocycles. The molecule has 8 heteroatoms. The first-order valence-corrected chi connectivity index (χ1v) is 6.85. The summed E-state index contributed by atoms with van der Waals surface area (Å²) in [6, 6.07) is 3.64. The Bertz CT molecular complexity index is 539. The lowest BCUT2D eigenvalue weighted by molar-refractivity contribution is 0.0953. The molecule has 0 aliphatic rings. The van der Waals surface area contributed by atoms with Crippen molar-refractivity contribution in [2.75, 3.05) is 5.73 Å². The number of aromatic nitrogens is 2. The predicted molar refractivity (Wildman–Crippen MR) is 72.0 cm³/mol. The number of thioether (sulfide) groups is 1. The van der Waals surface area contributed by atoms with Crippen molar-refractivity contribution in [2.24, 2.45) is 5.84 Å². The summed E-state index contributed by atoms with van der Waals surface area (Å²) < 4.78 is 0. The summed E-state index contributed by atoms with van der Waals surface area (Å²) in [7, 11) is 0. The largest absolute Gasteiger partial charge is 0.397 e. The molecule has 0 bridgehead atoms. The molecule has 2 rings (SSSR count). The third-order valence-corrected chi connectivity index (χ3v) is 3.87. The van der Waals surface area contributed by atoms with Crippen molar-refractivity contribution in [2.45, 2.75) is 10.8 Å². The van der Waals surface area contributed by atoms with Crippen LogP contribution in [0.4, 0.5) is 5.69 Å². The lowest BCUT2D eigenvalue weighted by atomic mass is 10.4. The Balaban J connectivity index is 1.96. The number of nitrogens with two attached hydrogens (primary N) is 2. The second kappa shape index (κ2) is 5.80. The maximum absolute atomic E-state index is 11.2. The minimum absolute atomic E-state index is 0.360. The first kappa shape index (κ1) is 12.8. The number of carbonyl (C=O) groups excluding carboxylic acids is 1. The van der Waals surface area contributed by atoms with Crippen LogP contribution in [0.5, 0.6) is 0 Å². The zero-order chi connectivity index (χ0) is 13.0. The number of nitrogens with zero attached hydrogens (tertiary/aromatic N) is 2. The number of thiazole rings is 1. The summed E-state index contributed by atoms with van der Waals surface area (Å²) in [6.07, 6.45) is 1.61. The molecule has 6 nitrogen and oxygen atoms in total. The van der Waals surface area contributed by atoms with Crippen LogP contribution < -0.4 is 17.0 Å². The van der Waals surface area contributed by atoms with Crippen LogP contribution in [0.25, 0.3) is 0 Å². The Morgan fingerprint density at radius 3 is 3.00 bits per heavy atom. The van der Waals surface area contributed by atoms with Gasteiger partial charge in [0.1, 0.15) is 0 Å². The second-order valence-corrected chi connectivity index (χ2v) is 5.19. The molecule has 0 unspecified atom stereocenters. The van der Waals surface area contributed by atoms with Gasteiger partial charge in [0.25, 0.3) is 5.91 Å². The van der Waals surface area contributed by atoms with Crippen LogP contribution in [0.2, 0.25) is 0 Å². The van der Waals surface area contributed by atoms with Crippen LogP contribution in [-0.4, -0.2) is 15.9 Å². The van der Waals surface area contributed by atoms with E-state index in [0.717, 1.165) is 10.7 Å². The summed E-state index contributed by atoms with van der Waals surface area (Å²) in [4.78, 5) is 19.5. The van der Waals surface area contributed by atoms with Crippen LogP contribution in [-0.2, 0) is 5.75 Å². The number of rotatable bonds is 4. The van der Waals surface area contributed by atoms with Crippen LogP contribution >= 0.6 is 23.1 Å². The van der Waals surface area contributed by atoms with E-state index in [-0.39, 0.29) is 5.91 Å². The van der Waals surface area contributed by atoms with Gasteiger partial charge in [-0.1, -0.05) is 0 Å². The molecule has 0 aromatic carbocycles. The SMILES string of the molecule is NNC(=O)c1nc(CSc2ccc(N)cn2)cs1. The van der Waals surface area contributed by atoms with Crippen molar-refractivity contribution < 1.29 is 4.79 Å². The molecule has 0 aliphatic heterocycles. The maximum atomic E-state index is 11.2. The molecule has 2 heterocycles. The van der Waals surface area contributed by atoms with E-state index in [1.165, 1.54) is 23.1 Å². The van der Waals surface area contributed by atoms with Gasteiger partial charge >= 0.3 is 0 Å². The Kier molecular flexibility index (Phi) is 4.13. The van der Waals surface area contributed by atoms with E-state index < -0.39 is 0 Å². The molecule has 0 saturated heterocycles. The topological polar surface area (TPSA) is 107 Å². The fourth-order valence-corrected chi connectivity index (χ4v) is 2.72. The predicted octanol–water partition coefficient (Wildman–Crippen LogP) is 1.02. The normalized spacial score (nSPS) is 10.3. The molecule has 0 spiro atoms. The van der Waals surface area contributed by atoms with Gasteiger partial charge in [-0.05, 0) is 12.1 Å². The standard InChI is InChI=1S/C10H11N5OS2/c11-6-1-2-8(13-3-6)17-4-7-5-18-10(14-7)9(16)15-12/h1-3,5H,4,11-12H2,(H,15,16). The molecular formula is C10H11N5OS2. The number of nitrogen functional groups attached to an aromatic ring is 2. The van der Waals surface area contributed by atoms with E-state index in [9.17, 15) is 4.79 Å². The van der Waals surface area contributed by atoms with E-state index in [2.05, 4.69) is 15.4 Å². The average Bonchev–Trinajstić information content (AvgIpc) is 2.86. The highest BCUT2D eigenvalue weighted by molar-refractivity contribution is 7.98. The van der Waals surface area contributed by atoms with E-state index in [1.807, 2.05) is 11.4 Å². The fraction of sp³-hybridized carbons (Fsp3) is 0.100. The molecule has 2 aromatic rings. The number of amides is 1. The Morgan fingerprint density at radius 2 is 2.33 bits per heavy atom. The zero-order valence-electron chi connectivity index (χ0n) is 9.29. The Labute approximate surface area is 112 Å². The van der Waals surface area contributed by atoms with Crippen LogP contribution in [0.15, 0.2) is 28.7 Å². The third kappa shape index (κ3) is 3.19. The van der Waals surface area contributed by atoms with Crippen molar-refractivity contribution in [1.82, 2.24) is 15.4 Å². The monoisotopic (exact) mass is 281 g/mol. The van der Waals surface area contributed by atoms with Crippen molar-refractivity contribution in [3.63, 3.8) is 0 Å². The van der Waals surface area contributed by atoms with E-state index >= 15 is 0 Å². The molecule has 0 saturated carbocycles. The smallest absolute Gasteiger partial charge is 0.294 e. The first-order chi connectivity index (χ1) is 8.69. The Hall–Kier alpha value is -1.64. The van der Waals surface area contributed by atoms with E-state index in [1.54, 1.807) is 12.3 Å². The molecule has 0 fully saturated rings. The molecule has 94 valence electrons. The number of pyridine rings is 1. The lowest BCUT2D eigenvalue weighted by Crippen LogP contribution is -2.29. The number of carbonyl (C=O) groups is 1. The third-order valence-electron chi connectivity index (χ3n) is 2.00.